The number of halogens is 1. The van der Waals surface area contributed by atoms with Crippen molar-refractivity contribution >= 4 is 39.4 Å². The van der Waals surface area contributed by atoms with Crippen LogP contribution in [0.3, 0.4) is 0 Å². The van der Waals surface area contributed by atoms with E-state index in [4.69, 9.17) is 4.74 Å². The van der Waals surface area contributed by atoms with Crippen LogP contribution in [0.5, 0.6) is 5.75 Å². The van der Waals surface area contributed by atoms with E-state index in [1.807, 2.05) is 0 Å². The molecule has 1 saturated heterocycles. The summed E-state index contributed by atoms with van der Waals surface area (Å²) in [6.45, 7) is 0.907. The predicted octanol–water partition coefficient (Wildman–Crippen LogP) is 3.30. The van der Waals surface area contributed by atoms with E-state index in [2.05, 4.69) is 21.2 Å². The summed E-state index contributed by atoms with van der Waals surface area (Å²) in [4.78, 5) is 37.4. The van der Waals surface area contributed by atoms with Crippen LogP contribution in [0.2, 0.25) is 0 Å². The Bertz CT molecular complexity index is 834. The number of nitrogens with one attached hydrogen (secondary N) is 1. The van der Waals surface area contributed by atoms with Crippen LogP contribution in [0.25, 0.3) is 0 Å². The minimum atomic E-state index is -0.434. The van der Waals surface area contributed by atoms with Gasteiger partial charge in [-0.05, 0) is 55.0 Å². The number of carbonyl (C=O) groups is 3. The number of benzene rings is 2. The molecule has 1 N–H and O–H groups in total. The van der Waals surface area contributed by atoms with Gasteiger partial charge in [0.05, 0.1) is 6.42 Å². The van der Waals surface area contributed by atoms with Crippen LogP contribution >= 0.6 is 15.9 Å². The zero-order valence-corrected chi connectivity index (χ0v) is 16.2. The van der Waals surface area contributed by atoms with Gasteiger partial charge >= 0.3 is 5.97 Å². The molecule has 1 fully saturated rings. The third-order valence-electron chi connectivity index (χ3n) is 4.17. The number of carbonyl (C=O) groups excluding carboxylic acids is 3. The normalized spacial score (nSPS) is 13.5. The highest BCUT2D eigenvalue weighted by molar-refractivity contribution is 9.10. The van der Waals surface area contributed by atoms with Crippen LogP contribution < -0.4 is 15.0 Å². The van der Waals surface area contributed by atoms with Crippen molar-refractivity contribution in [3.05, 3.63) is 58.6 Å². The molecule has 3 rings (SSSR count). The molecule has 2 aromatic rings. The lowest BCUT2D eigenvalue weighted by Crippen LogP contribution is -2.27. The lowest BCUT2D eigenvalue weighted by molar-refractivity contribution is -0.134. The Morgan fingerprint density at radius 3 is 2.41 bits per heavy atom. The van der Waals surface area contributed by atoms with Crippen LogP contribution in [0.1, 0.15) is 29.6 Å². The van der Waals surface area contributed by atoms with Crippen molar-refractivity contribution in [3.8, 4) is 5.75 Å². The van der Waals surface area contributed by atoms with E-state index in [1.165, 1.54) is 0 Å². The summed E-state index contributed by atoms with van der Waals surface area (Å²) in [6, 6.07) is 13.8. The molecule has 1 aliphatic heterocycles. The van der Waals surface area contributed by atoms with Gasteiger partial charge in [0.15, 0.2) is 0 Å². The minimum Gasteiger partial charge on any atom is -0.426 e. The monoisotopic (exact) mass is 430 g/mol. The van der Waals surface area contributed by atoms with E-state index in [-0.39, 0.29) is 24.8 Å². The van der Waals surface area contributed by atoms with Gasteiger partial charge in [0, 0.05) is 35.2 Å². The SMILES string of the molecule is O=C(CCNC(=O)c1ccc(Br)cc1)Oc1ccc(N2CCCC2=O)cc1. The summed E-state index contributed by atoms with van der Waals surface area (Å²) in [5.74, 6) is -0.151. The number of hydrogen-bond donors (Lipinski definition) is 1. The molecular weight excluding hydrogens is 412 g/mol. The zero-order chi connectivity index (χ0) is 19.2. The first-order chi connectivity index (χ1) is 13.0. The lowest BCUT2D eigenvalue weighted by Gasteiger charge is -2.15. The Balaban J connectivity index is 1.44. The lowest BCUT2D eigenvalue weighted by atomic mass is 10.2. The van der Waals surface area contributed by atoms with Crippen molar-refractivity contribution in [2.75, 3.05) is 18.0 Å². The summed E-state index contributed by atoms with van der Waals surface area (Å²) in [5.41, 5.74) is 1.33. The maximum atomic E-state index is 12.0. The van der Waals surface area contributed by atoms with Crippen molar-refractivity contribution in [2.45, 2.75) is 19.3 Å². The molecule has 0 saturated carbocycles. The van der Waals surface area contributed by atoms with E-state index in [0.29, 0.717) is 17.7 Å². The maximum Gasteiger partial charge on any atom is 0.312 e. The summed E-state index contributed by atoms with van der Waals surface area (Å²) >= 11 is 3.31. The number of rotatable bonds is 6. The average Bonchev–Trinajstić information content (AvgIpc) is 3.09. The van der Waals surface area contributed by atoms with Crippen LogP contribution in [0, 0.1) is 0 Å². The van der Waals surface area contributed by atoms with E-state index >= 15 is 0 Å². The highest BCUT2D eigenvalue weighted by Gasteiger charge is 2.21. The molecule has 140 valence electrons. The van der Waals surface area contributed by atoms with Gasteiger partial charge < -0.3 is 15.0 Å². The maximum absolute atomic E-state index is 12.0. The molecule has 2 amide bonds. The van der Waals surface area contributed by atoms with Crippen molar-refractivity contribution in [2.24, 2.45) is 0 Å². The minimum absolute atomic E-state index is 0.0641. The number of anilines is 1. The highest BCUT2D eigenvalue weighted by Crippen LogP contribution is 2.24. The Kier molecular flexibility index (Phi) is 6.24. The van der Waals surface area contributed by atoms with E-state index < -0.39 is 5.97 Å². The Morgan fingerprint density at radius 1 is 1.07 bits per heavy atom. The number of esters is 1. The van der Waals surface area contributed by atoms with Crippen molar-refractivity contribution < 1.29 is 19.1 Å². The first-order valence-electron chi connectivity index (χ1n) is 8.68. The molecule has 7 heteroatoms. The number of ether oxygens (including phenoxy) is 1. The number of hydrogen-bond acceptors (Lipinski definition) is 4. The van der Waals surface area contributed by atoms with Crippen LogP contribution in [-0.4, -0.2) is 30.9 Å². The third kappa shape index (κ3) is 5.17. The second kappa shape index (κ2) is 8.81. The first kappa shape index (κ1) is 19.1. The second-order valence-electron chi connectivity index (χ2n) is 6.13. The van der Waals surface area contributed by atoms with Gasteiger partial charge in [-0.1, -0.05) is 15.9 Å². The van der Waals surface area contributed by atoms with E-state index in [1.54, 1.807) is 53.4 Å². The fraction of sp³-hybridized carbons (Fsp3) is 0.250. The average molecular weight is 431 g/mol. The van der Waals surface area contributed by atoms with Crippen molar-refractivity contribution in [3.63, 3.8) is 0 Å². The van der Waals surface area contributed by atoms with Gasteiger partial charge in [-0.2, -0.15) is 0 Å². The summed E-state index contributed by atoms with van der Waals surface area (Å²) in [7, 11) is 0. The fourth-order valence-corrected chi connectivity index (χ4v) is 3.04. The standard InChI is InChI=1S/C20H19BrN2O4/c21-15-5-3-14(4-6-15)20(26)22-12-11-19(25)27-17-9-7-16(8-10-17)23-13-1-2-18(23)24/h3-10H,1-2,11-13H2,(H,22,26). The quantitative estimate of drug-likeness (QED) is 0.563. The molecule has 0 spiro atoms. The van der Waals surface area contributed by atoms with Gasteiger partial charge in [0.25, 0.3) is 5.91 Å². The molecule has 0 unspecified atom stereocenters. The van der Waals surface area contributed by atoms with Crippen LogP contribution in [-0.2, 0) is 9.59 Å². The summed E-state index contributed by atoms with van der Waals surface area (Å²) in [5, 5.41) is 2.69. The largest absolute Gasteiger partial charge is 0.426 e. The molecule has 0 aliphatic carbocycles. The molecule has 2 aromatic carbocycles. The van der Waals surface area contributed by atoms with E-state index in [9.17, 15) is 14.4 Å². The fourth-order valence-electron chi connectivity index (χ4n) is 2.78. The van der Waals surface area contributed by atoms with Crippen LogP contribution in [0.4, 0.5) is 5.69 Å². The van der Waals surface area contributed by atoms with Crippen molar-refractivity contribution in [1.82, 2.24) is 5.32 Å². The molecule has 0 aromatic heterocycles. The summed E-state index contributed by atoms with van der Waals surface area (Å²) < 4.78 is 6.15. The van der Waals surface area contributed by atoms with Gasteiger partial charge in [-0.15, -0.1) is 0 Å². The first-order valence-corrected chi connectivity index (χ1v) is 9.47. The molecule has 1 aliphatic rings. The smallest absolute Gasteiger partial charge is 0.312 e. The molecule has 1 heterocycles. The predicted molar refractivity (Wildman–Crippen MR) is 105 cm³/mol. The Labute approximate surface area is 165 Å². The molecule has 27 heavy (non-hydrogen) atoms. The van der Waals surface area contributed by atoms with Crippen LogP contribution in [0.15, 0.2) is 53.0 Å². The topological polar surface area (TPSA) is 75.7 Å². The highest BCUT2D eigenvalue weighted by atomic mass is 79.9. The van der Waals surface area contributed by atoms with Gasteiger partial charge in [-0.3, -0.25) is 14.4 Å². The number of amides is 2. The van der Waals surface area contributed by atoms with E-state index in [0.717, 1.165) is 23.1 Å². The number of nitrogens with zero attached hydrogens (tertiary/aromatic N) is 1. The zero-order valence-electron chi connectivity index (χ0n) is 14.6. The summed E-state index contributed by atoms with van der Waals surface area (Å²) in [6.07, 6.45) is 1.50. The molecule has 0 atom stereocenters. The molecule has 0 bridgehead atoms. The molecular formula is C20H19BrN2O4. The molecule has 6 nitrogen and oxygen atoms in total. The van der Waals surface area contributed by atoms with Gasteiger partial charge in [0.1, 0.15) is 5.75 Å². The molecule has 0 radical (unpaired) electrons. The van der Waals surface area contributed by atoms with Gasteiger partial charge in [0.2, 0.25) is 5.91 Å². The Hall–Kier alpha value is -2.67. The van der Waals surface area contributed by atoms with Crippen molar-refractivity contribution in [1.29, 1.82) is 0 Å². The second-order valence-corrected chi connectivity index (χ2v) is 7.05. The third-order valence-corrected chi connectivity index (χ3v) is 4.70. The van der Waals surface area contributed by atoms with Gasteiger partial charge in [-0.25, -0.2) is 0 Å². The Morgan fingerprint density at radius 2 is 1.78 bits per heavy atom.